The van der Waals surface area contributed by atoms with Crippen molar-refractivity contribution in [2.75, 3.05) is 18.0 Å². The first-order valence-electron chi connectivity index (χ1n) is 8.62. The number of rotatable bonds is 7. The lowest BCUT2D eigenvalue weighted by atomic mass is 10.1. The summed E-state index contributed by atoms with van der Waals surface area (Å²) >= 11 is 0. The topological polar surface area (TPSA) is 37.4 Å². The number of anilines is 1. The molecule has 24 heavy (non-hydrogen) atoms. The second kappa shape index (κ2) is 8.50. The monoisotopic (exact) mass is 323 g/mol. The van der Waals surface area contributed by atoms with Gasteiger partial charge < -0.3 is 15.0 Å². The van der Waals surface area contributed by atoms with Crippen LogP contribution >= 0.6 is 0 Å². The molecule has 0 saturated carbocycles. The average molecular weight is 323 g/mol. The van der Waals surface area contributed by atoms with Crippen LogP contribution in [-0.4, -0.2) is 18.1 Å². The van der Waals surface area contributed by atoms with Gasteiger partial charge in [-0.25, -0.2) is 4.98 Å². The Morgan fingerprint density at radius 2 is 1.79 bits per heavy atom. The van der Waals surface area contributed by atoms with Crippen molar-refractivity contribution >= 4 is 5.82 Å². The molecule has 3 rings (SSSR count). The molecule has 1 aliphatic rings. The number of hydrogen-bond acceptors (Lipinski definition) is 4. The van der Waals surface area contributed by atoms with E-state index in [9.17, 15) is 0 Å². The molecule has 0 bridgehead atoms. The number of benzene rings is 1. The van der Waals surface area contributed by atoms with Gasteiger partial charge in [0.05, 0.1) is 6.26 Å². The number of nitrogens with zero attached hydrogens (tertiary/aromatic N) is 2. The van der Waals surface area contributed by atoms with E-state index in [1.165, 1.54) is 36.7 Å². The molecular formula is C20H25N3O. The Bertz CT molecular complexity index is 648. The highest BCUT2D eigenvalue weighted by molar-refractivity contribution is 5.41. The second-order valence-corrected chi connectivity index (χ2v) is 6.10. The Morgan fingerprint density at radius 3 is 2.54 bits per heavy atom. The van der Waals surface area contributed by atoms with Crippen LogP contribution < -0.4 is 15.0 Å². The number of aromatic nitrogens is 1. The van der Waals surface area contributed by atoms with Crippen molar-refractivity contribution in [1.82, 2.24) is 10.3 Å². The van der Waals surface area contributed by atoms with Crippen molar-refractivity contribution in [3.8, 4) is 5.75 Å². The minimum atomic E-state index is 0.814. The van der Waals surface area contributed by atoms with E-state index in [2.05, 4.69) is 46.0 Å². The van der Waals surface area contributed by atoms with Gasteiger partial charge in [-0.3, -0.25) is 0 Å². The molecule has 0 spiro atoms. The molecular weight excluding hydrogens is 298 g/mol. The summed E-state index contributed by atoms with van der Waals surface area (Å²) in [6.45, 7) is 7.49. The highest BCUT2D eigenvalue weighted by Gasteiger charge is 2.12. The van der Waals surface area contributed by atoms with Crippen molar-refractivity contribution in [1.29, 1.82) is 0 Å². The zero-order valence-electron chi connectivity index (χ0n) is 14.1. The average Bonchev–Trinajstić information content (AvgIpc) is 2.64. The van der Waals surface area contributed by atoms with Gasteiger partial charge in [0.1, 0.15) is 11.6 Å². The summed E-state index contributed by atoms with van der Waals surface area (Å²) in [5.74, 6) is 1.92. The molecule has 1 fully saturated rings. The SMILES string of the molecule is C=COc1ccc(CNCc2ccnc(N3CCCCC3)c2)cc1. The van der Waals surface area contributed by atoms with E-state index in [0.717, 1.165) is 37.7 Å². The molecule has 1 aromatic heterocycles. The lowest BCUT2D eigenvalue weighted by molar-refractivity contribution is 0.483. The molecule has 1 aliphatic heterocycles. The highest BCUT2D eigenvalue weighted by Crippen LogP contribution is 2.18. The van der Waals surface area contributed by atoms with Crippen LogP contribution in [0.5, 0.6) is 5.75 Å². The van der Waals surface area contributed by atoms with E-state index < -0.39 is 0 Å². The molecule has 4 heteroatoms. The summed E-state index contributed by atoms with van der Waals surface area (Å²) in [6, 6.07) is 12.3. The van der Waals surface area contributed by atoms with Crippen LogP contribution in [0.25, 0.3) is 0 Å². The summed E-state index contributed by atoms with van der Waals surface area (Å²) in [7, 11) is 0. The Balaban J connectivity index is 1.51. The zero-order valence-corrected chi connectivity index (χ0v) is 14.1. The van der Waals surface area contributed by atoms with Crippen molar-refractivity contribution in [3.63, 3.8) is 0 Å². The van der Waals surface area contributed by atoms with Crippen LogP contribution in [0.2, 0.25) is 0 Å². The fourth-order valence-corrected chi connectivity index (χ4v) is 3.00. The smallest absolute Gasteiger partial charge is 0.128 e. The third kappa shape index (κ3) is 4.59. The summed E-state index contributed by atoms with van der Waals surface area (Å²) in [6.07, 6.45) is 7.25. The maximum Gasteiger partial charge on any atom is 0.128 e. The minimum Gasteiger partial charge on any atom is -0.466 e. The first kappa shape index (κ1) is 16.5. The van der Waals surface area contributed by atoms with E-state index in [4.69, 9.17) is 4.74 Å². The number of pyridine rings is 1. The number of hydrogen-bond donors (Lipinski definition) is 1. The summed E-state index contributed by atoms with van der Waals surface area (Å²) in [4.78, 5) is 6.93. The van der Waals surface area contributed by atoms with Crippen LogP contribution in [0.3, 0.4) is 0 Å². The van der Waals surface area contributed by atoms with Gasteiger partial charge in [-0.05, 0) is 54.7 Å². The van der Waals surface area contributed by atoms with Crippen LogP contribution in [0, 0.1) is 0 Å². The van der Waals surface area contributed by atoms with Gasteiger partial charge in [-0.2, -0.15) is 0 Å². The maximum absolute atomic E-state index is 5.24. The van der Waals surface area contributed by atoms with Gasteiger partial charge in [-0.1, -0.05) is 18.7 Å². The molecule has 0 unspecified atom stereocenters. The van der Waals surface area contributed by atoms with Gasteiger partial charge in [0.2, 0.25) is 0 Å². The lowest BCUT2D eigenvalue weighted by Crippen LogP contribution is -2.30. The van der Waals surface area contributed by atoms with Crippen LogP contribution in [-0.2, 0) is 13.1 Å². The van der Waals surface area contributed by atoms with E-state index in [0.29, 0.717) is 0 Å². The van der Waals surface area contributed by atoms with Gasteiger partial charge in [-0.15, -0.1) is 0 Å². The van der Waals surface area contributed by atoms with E-state index >= 15 is 0 Å². The quantitative estimate of drug-likeness (QED) is 0.785. The number of ether oxygens (including phenoxy) is 1. The van der Waals surface area contributed by atoms with E-state index in [1.54, 1.807) is 0 Å². The Labute approximate surface area is 144 Å². The molecule has 0 aliphatic carbocycles. The van der Waals surface area contributed by atoms with E-state index in [1.807, 2.05) is 18.3 Å². The van der Waals surface area contributed by atoms with Crippen LogP contribution in [0.15, 0.2) is 55.4 Å². The predicted octanol–water partition coefficient (Wildman–Crippen LogP) is 3.88. The van der Waals surface area contributed by atoms with Gasteiger partial charge in [0, 0.05) is 32.4 Å². The molecule has 126 valence electrons. The minimum absolute atomic E-state index is 0.814. The fraction of sp³-hybridized carbons (Fsp3) is 0.350. The Kier molecular flexibility index (Phi) is 5.85. The molecule has 1 aromatic carbocycles. The second-order valence-electron chi connectivity index (χ2n) is 6.10. The number of piperidine rings is 1. The third-order valence-electron chi connectivity index (χ3n) is 4.29. The van der Waals surface area contributed by atoms with Gasteiger partial charge >= 0.3 is 0 Å². The van der Waals surface area contributed by atoms with Crippen molar-refractivity contribution < 1.29 is 4.74 Å². The first-order valence-corrected chi connectivity index (χ1v) is 8.62. The predicted molar refractivity (Wildman–Crippen MR) is 98.1 cm³/mol. The summed E-state index contributed by atoms with van der Waals surface area (Å²) in [5, 5.41) is 3.49. The third-order valence-corrected chi connectivity index (χ3v) is 4.29. The van der Waals surface area contributed by atoms with Crippen LogP contribution in [0.4, 0.5) is 5.82 Å². The molecule has 1 N–H and O–H groups in total. The summed E-state index contributed by atoms with van der Waals surface area (Å²) < 4.78 is 5.24. The van der Waals surface area contributed by atoms with Crippen LogP contribution in [0.1, 0.15) is 30.4 Å². The Hall–Kier alpha value is -2.33. The normalized spacial score (nSPS) is 14.4. The van der Waals surface area contributed by atoms with Gasteiger partial charge in [0.25, 0.3) is 0 Å². The molecule has 0 radical (unpaired) electrons. The maximum atomic E-state index is 5.24. The fourth-order valence-electron chi connectivity index (χ4n) is 3.00. The van der Waals surface area contributed by atoms with Crippen molar-refractivity contribution in [2.45, 2.75) is 32.4 Å². The summed E-state index contributed by atoms with van der Waals surface area (Å²) in [5.41, 5.74) is 2.51. The van der Waals surface area contributed by atoms with E-state index in [-0.39, 0.29) is 0 Å². The van der Waals surface area contributed by atoms with Gasteiger partial charge in [0.15, 0.2) is 0 Å². The lowest BCUT2D eigenvalue weighted by Gasteiger charge is -2.27. The van der Waals surface area contributed by atoms with Crippen molar-refractivity contribution in [2.24, 2.45) is 0 Å². The highest BCUT2D eigenvalue weighted by atomic mass is 16.5. The Morgan fingerprint density at radius 1 is 1.04 bits per heavy atom. The number of nitrogens with one attached hydrogen (secondary N) is 1. The molecule has 0 amide bonds. The zero-order chi connectivity index (χ0) is 16.6. The first-order chi connectivity index (χ1) is 11.8. The molecule has 0 atom stereocenters. The molecule has 2 heterocycles. The molecule has 2 aromatic rings. The van der Waals surface area contributed by atoms with Crippen molar-refractivity contribution in [3.05, 3.63) is 66.6 Å². The largest absolute Gasteiger partial charge is 0.466 e. The standard InChI is InChI=1S/C20H25N3O/c1-2-24-19-8-6-17(7-9-19)15-21-16-18-10-11-22-20(14-18)23-12-4-3-5-13-23/h2,6-11,14,21H,1,3-5,12-13,15-16H2. The molecule has 1 saturated heterocycles. The molecule has 4 nitrogen and oxygen atoms in total.